The predicted octanol–water partition coefficient (Wildman–Crippen LogP) is 3.55. The lowest BCUT2D eigenvalue weighted by atomic mass is 10.00. The average molecular weight is 344 g/mol. The van der Waals surface area contributed by atoms with Gasteiger partial charge in [-0.3, -0.25) is 4.68 Å². The molecule has 20 heavy (non-hydrogen) atoms. The van der Waals surface area contributed by atoms with E-state index in [1.165, 1.54) is 12.1 Å². The van der Waals surface area contributed by atoms with Gasteiger partial charge in [0.05, 0.1) is 16.7 Å². The molecule has 0 radical (unpaired) electrons. The molecule has 0 spiro atoms. The molecule has 0 amide bonds. The highest BCUT2D eigenvalue weighted by molar-refractivity contribution is 9.10. The zero-order chi connectivity index (χ0) is 14.7. The molecule has 1 atom stereocenters. The van der Waals surface area contributed by atoms with Crippen molar-refractivity contribution in [1.82, 2.24) is 15.1 Å². The van der Waals surface area contributed by atoms with E-state index in [4.69, 9.17) is 0 Å². The van der Waals surface area contributed by atoms with E-state index in [1.54, 1.807) is 24.1 Å². The minimum atomic E-state index is -0.581. The fraction of sp³-hybridized carbons (Fsp3) is 0.357. The van der Waals surface area contributed by atoms with Gasteiger partial charge in [-0.15, -0.1) is 0 Å². The molecule has 108 valence electrons. The standard InChI is InChI=1S/C14H16BrF2N3/c1-3-6-18-14(9-7-19-20(2)8-9)12-11(16)5-4-10(15)13(12)17/h4-5,7-8,14,18H,3,6H2,1-2H3. The summed E-state index contributed by atoms with van der Waals surface area (Å²) in [6.45, 7) is 2.66. The first-order valence-electron chi connectivity index (χ1n) is 6.40. The molecule has 0 aliphatic heterocycles. The largest absolute Gasteiger partial charge is 0.306 e. The Balaban J connectivity index is 2.49. The quantitative estimate of drug-likeness (QED) is 0.841. The third kappa shape index (κ3) is 3.07. The van der Waals surface area contributed by atoms with Gasteiger partial charge in [0.1, 0.15) is 11.6 Å². The number of rotatable bonds is 5. The molecule has 2 aromatic rings. The highest BCUT2D eigenvalue weighted by Gasteiger charge is 2.24. The Morgan fingerprint density at radius 1 is 1.40 bits per heavy atom. The van der Waals surface area contributed by atoms with Crippen LogP contribution in [0.3, 0.4) is 0 Å². The summed E-state index contributed by atoms with van der Waals surface area (Å²) < 4.78 is 30.2. The van der Waals surface area contributed by atoms with E-state index in [9.17, 15) is 8.78 Å². The molecule has 6 heteroatoms. The maximum atomic E-state index is 14.3. The van der Waals surface area contributed by atoms with Gasteiger partial charge in [-0.2, -0.15) is 5.10 Å². The lowest BCUT2D eigenvalue weighted by Crippen LogP contribution is -2.25. The van der Waals surface area contributed by atoms with Crippen molar-refractivity contribution in [1.29, 1.82) is 0 Å². The van der Waals surface area contributed by atoms with E-state index in [0.717, 1.165) is 12.0 Å². The van der Waals surface area contributed by atoms with Gasteiger partial charge in [0.2, 0.25) is 0 Å². The minimum Gasteiger partial charge on any atom is -0.306 e. The number of nitrogens with zero attached hydrogens (tertiary/aromatic N) is 2. The van der Waals surface area contributed by atoms with Crippen LogP contribution < -0.4 is 5.32 Å². The van der Waals surface area contributed by atoms with Gasteiger partial charge in [0.25, 0.3) is 0 Å². The van der Waals surface area contributed by atoms with E-state index in [-0.39, 0.29) is 10.0 Å². The van der Waals surface area contributed by atoms with Gasteiger partial charge in [-0.1, -0.05) is 6.92 Å². The maximum absolute atomic E-state index is 14.3. The number of hydrogen-bond donors (Lipinski definition) is 1. The first-order chi connectivity index (χ1) is 9.54. The summed E-state index contributed by atoms with van der Waals surface area (Å²) in [4.78, 5) is 0. The van der Waals surface area contributed by atoms with E-state index >= 15 is 0 Å². The Bertz CT molecular complexity index is 598. The van der Waals surface area contributed by atoms with Gasteiger partial charge in [0, 0.05) is 24.4 Å². The smallest absolute Gasteiger partial charge is 0.145 e. The van der Waals surface area contributed by atoms with Crippen LogP contribution in [0.5, 0.6) is 0 Å². The Labute approximate surface area is 125 Å². The van der Waals surface area contributed by atoms with Crippen LogP contribution in [0.4, 0.5) is 8.78 Å². The van der Waals surface area contributed by atoms with Gasteiger partial charge >= 0.3 is 0 Å². The zero-order valence-electron chi connectivity index (χ0n) is 11.3. The van der Waals surface area contributed by atoms with E-state index in [2.05, 4.69) is 26.3 Å². The Morgan fingerprint density at radius 2 is 2.15 bits per heavy atom. The highest BCUT2D eigenvalue weighted by Crippen LogP contribution is 2.30. The molecule has 0 saturated heterocycles. The topological polar surface area (TPSA) is 29.9 Å². The molecule has 0 aliphatic carbocycles. The minimum absolute atomic E-state index is 0.0147. The van der Waals surface area contributed by atoms with Crippen LogP contribution >= 0.6 is 15.9 Å². The molecule has 1 N–H and O–H groups in total. The molecule has 0 bridgehead atoms. The van der Waals surface area contributed by atoms with Crippen LogP contribution in [0.15, 0.2) is 29.0 Å². The predicted molar refractivity (Wildman–Crippen MR) is 77.4 cm³/mol. The van der Waals surface area contributed by atoms with Crippen LogP contribution in [0.25, 0.3) is 0 Å². The molecule has 1 aromatic heterocycles. The van der Waals surface area contributed by atoms with Crippen molar-refractivity contribution in [3.63, 3.8) is 0 Å². The van der Waals surface area contributed by atoms with Crippen molar-refractivity contribution in [3.8, 4) is 0 Å². The summed E-state index contributed by atoms with van der Waals surface area (Å²) in [6, 6.07) is 2.08. The highest BCUT2D eigenvalue weighted by atomic mass is 79.9. The average Bonchev–Trinajstić information content (AvgIpc) is 2.84. The Hall–Kier alpha value is -1.27. The van der Waals surface area contributed by atoms with Crippen LogP contribution in [0.2, 0.25) is 0 Å². The van der Waals surface area contributed by atoms with Gasteiger partial charge < -0.3 is 5.32 Å². The fourth-order valence-corrected chi connectivity index (χ4v) is 2.42. The second-order valence-electron chi connectivity index (χ2n) is 4.59. The van der Waals surface area contributed by atoms with E-state index < -0.39 is 17.7 Å². The molecule has 0 fully saturated rings. The van der Waals surface area contributed by atoms with E-state index in [1.807, 2.05) is 6.92 Å². The van der Waals surface area contributed by atoms with Crippen molar-refractivity contribution in [3.05, 3.63) is 51.8 Å². The molecule has 0 aliphatic rings. The van der Waals surface area contributed by atoms with Crippen molar-refractivity contribution in [2.45, 2.75) is 19.4 Å². The number of nitrogens with one attached hydrogen (secondary N) is 1. The lowest BCUT2D eigenvalue weighted by Gasteiger charge is -2.19. The number of aromatic nitrogens is 2. The van der Waals surface area contributed by atoms with Crippen molar-refractivity contribution in [2.75, 3.05) is 6.54 Å². The van der Waals surface area contributed by atoms with Crippen LogP contribution in [-0.2, 0) is 7.05 Å². The van der Waals surface area contributed by atoms with Crippen LogP contribution in [-0.4, -0.2) is 16.3 Å². The third-order valence-electron chi connectivity index (χ3n) is 3.02. The van der Waals surface area contributed by atoms with Crippen LogP contribution in [0.1, 0.15) is 30.5 Å². The third-order valence-corrected chi connectivity index (χ3v) is 3.64. The van der Waals surface area contributed by atoms with Crippen molar-refractivity contribution < 1.29 is 8.78 Å². The van der Waals surface area contributed by atoms with Gasteiger partial charge in [0.15, 0.2) is 0 Å². The Morgan fingerprint density at radius 3 is 2.75 bits per heavy atom. The monoisotopic (exact) mass is 343 g/mol. The summed E-state index contributed by atoms with van der Waals surface area (Å²) in [6.07, 6.45) is 4.24. The van der Waals surface area contributed by atoms with Crippen LogP contribution in [0, 0.1) is 11.6 Å². The SMILES string of the molecule is CCCNC(c1cnn(C)c1)c1c(F)ccc(Br)c1F. The summed E-state index contributed by atoms with van der Waals surface area (Å²) >= 11 is 3.10. The summed E-state index contributed by atoms with van der Waals surface area (Å²) in [7, 11) is 1.77. The molecule has 3 nitrogen and oxygen atoms in total. The van der Waals surface area contributed by atoms with Crippen molar-refractivity contribution in [2.24, 2.45) is 7.05 Å². The number of benzene rings is 1. The van der Waals surface area contributed by atoms with Crippen molar-refractivity contribution >= 4 is 15.9 Å². The maximum Gasteiger partial charge on any atom is 0.145 e. The molecule has 1 aromatic carbocycles. The first kappa shape index (κ1) is 15.1. The second-order valence-corrected chi connectivity index (χ2v) is 5.45. The van der Waals surface area contributed by atoms with Gasteiger partial charge in [-0.25, -0.2) is 8.78 Å². The Kier molecular flexibility index (Phi) is 4.88. The molecular formula is C14H16BrF2N3. The molecule has 1 unspecified atom stereocenters. The summed E-state index contributed by atoms with van der Waals surface area (Å²) in [5, 5.41) is 7.24. The normalized spacial score (nSPS) is 12.7. The lowest BCUT2D eigenvalue weighted by molar-refractivity contribution is 0.500. The number of hydrogen-bond acceptors (Lipinski definition) is 2. The fourth-order valence-electron chi connectivity index (χ4n) is 2.07. The zero-order valence-corrected chi connectivity index (χ0v) is 12.9. The van der Waals surface area contributed by atoms with Gasteiger partial charge in [-0.05, 0) is 41.0 Å². The molecule has 2 rings (SSSR count). The first-order valence-corrected chi connectivity index (χ1v) is 7.19. The molecule has 1 heterocycles. The number of halogens is 3. The summed E-state index contributed by atoms with van der Waals surface area (Å²) in [5.41, 5.74) is 0.748. The summed E-state index contributed by atoms with van der Waals surface area (Å²) in [5.74, 6) is -1.15. The molecular weight excluding hydrogens is 328 g/mol. The van der Waals surface area contributed by atoms with E-state index in [0.29, 0.717) is 6.54 Å². The second kappa shape index (κ2) is 6.45. The number of aryl methyl sites for hydroxylation is 1. The molecule has 0 saturated carbocycles.